The molecule has 198 valence electrons. The van der Waals surface area contributed by atoms with Crippen molar-refractivity contribution in [3.63, 3.8) is 0 Å². The lowest BCUT2D eigenvalue weighted by molar-refractivity contribution is 0.142. The van der Waals surface area contributed by atoms with Gasteiger partial charge in [-0.1, -0.05) is 44.0 Å². The molecule has 0 aliphatic rings. The van der Waals surface area contributed by atoms with Crippen molar-refractivity contribution in [1.82, 2.24) is 10.6 Å². The second kappa shape index (κ2) is 15.5. The lowest BCUT2D eigenvalue weighted by atomic mass is 9.73. The van der Waals surface area contributed by atoms with E-state index in [1.54, 1.807) is 14.2 Å². The molecule has 0 atom stereocenters. The molecule has 8 heteroatoms. The van der Waals surface area contributed by atoms with Crippen LogP contribution in [-0.2, 0) is 14.9 Å². The van der Waals surface area contributed by atoms with Crippen LogP contribution in [0.2, 0.25) is 0 Å². The number of ether oxygens (including phenoxy) is 4. The smallest absolute Gasteiger partial charge is 0.407 e. The average Bonchev–Trinajstić information content (AvgIpc) is 2.92. The summed E-state index contributed by atoms with van der Waals surface area (Å²) in [4.78, 5) is 23.0. The van der Waals surface area contributed by atoms with Crippen LogP contribution in [0.5, 0.6) is 11.5 Å². The van der Waals surface area contributed by atoms with E-state index in [1.807, 2.05) is 24.3 Å². The van der Waals surface area contributed by atoms with Gasteiger partial charge >= 0.3 is 12.2 Å². The summed E-state index contributed by atoms with van der Waals surface area (Å²) in [6.07, 6.45) is 4.39. The zero-order valence-corrected chi connectivity index (χ0v) is 21.9. The predicted octanol–water partition coefficient (Wildman–Crippen LogP) is 5.43. The van der Waals surface area contributed by atoms with E-state index in [0.29, 0.717) is 19.7 Å². The predicted molar refractivity (Wildman–Crippen MR) is 140 cm³/mol. The highest BCUT2D eigenvalue weighted by molar-refractivity contribution is 5.67. The number of nitrogens with one attached hydrogen (secondary N) is 2. The van der Waals surface area contributed by atoms with Gasteiger partial charge in [-0.3, -0.25) is 0 Å². The van der Waals surface area contributed by atoms with Crippen molar-refractivity contribution in [2.45, 2.75) is 50.9 Å². The minimum Gasteiger partial charge on any atom is -0.497 e. The number of rotatable bonds is 15. The molecule has 0 fully saturated rings. The van der Waals surface area contributed by atoms with Crippen molar-refractivity contribution >= 4 is 12.2 Å². The molecular weight excluding hydrogens is 460 g/mol. The summed E-state index contributed by atoms with van der Waals surface area (Å²) in [6.45, 7) is 3.71. The second-order valence-corrected chi connectivity index (χ2v) is 8.79. The Balaban J connectivity index is 1.78. The van der Waals surface area contributed by atoms with E-state index < -0.39 is 12.2 Å². The molecule has 0 bridgehead atoms. The first-order valence-electron chi connectivity index (χ1n) is 12.4. The van der Waals surface area contributed by atoms with Gasteiger partial charge in [0.1, 0.15) is 11.5 Å². The maximum Gasteiger partial charge on any atom is 0.407 e. The Morgan fingerprint density at radius 2 is 1.17 bits per heavy atom. The fraction of sp³-hybridized carbons (Fsp3) is 0.500. The van der Waals surface area contributed by atoms with E-state index >= 15 is 0 Å². The Labute approximate surface area is 214 Å². The standard InChI is InChI=1S/C28H40N2O6/c1-28(22-10-14-24(33-2)15-11-22,23-12-16-25(34-3)17-13-23)18-9-21-36-27(32)30-20-8-6-5-7-19-29-26(31)35-4/h10-17H,5-9,18-21H2,1-4H3,(H,29,31)(H,30,32). The first kappa shape index (κ1) is 28.8. The molecule has 0 saturated carbocycles. The van der Waals surface area contributed by atoms with Gasteiger partial charge in [0.2, 0.25) is 0 Å². The van der Waals surface area contributed by atoms with Crippen LogP contribution in [0.25, 0.3) is 0 Å². The van der Waals surface area contributed by atoms with Gasteiger partial charge in [0.15, 0.2) is 0 Å². The molecule has 0 aliphatic carbocycles. The molecule has 0 aliphatic heterocycles. The SMILES string of the molecule is COC(=O)NCCCCCCNC(=O)OCCCC(C)(c1ccc(OC)cc1)c1ccc(OC)cc1. The number of alkyl carbamates (subject to hydrolysis) is 2. The van der Waals surface area contributed by atoms with Crippen molar-refractivity contribution in [2.75, 3.05) is 41.0 Å². The molecule has 0 unspecified atom stereocenters. The highest BCUT2D eigenvalue weighted by Crippen LogP contribution is 2.37. The van der Waals surface area contributed by atoms with E-state index in [9.17, 15) is 9.59 Å². The Morgan fingerprint density at radius 3 is 1.61 bits per heavy atom. The quantitative estimate of drug-likeness (QED) is 0.317. The molecule has 2 rings (SSSR count). The molecule has 0 aromatic heterocycles. The number of unbranched alkanes of at least 4 members (excludes halogenated alkanes) is 3. The monoisotopic (exact) mass is 500 g/mol. The van der Waals surface area contributed by atoms with Gasteiger partial charge in [0, 0.05) is 18.5 Å². The van der Waals surface area contributed by atoms with Crippen LogP contribution in [0.4, 0.5) is 9.59 Å². The zero-order valence-electron chi connectivity index (χ0n) is 21.9. The molecule has 2 N–H and O–H groups in total. The summed E-state index contributed by atoms with van der Waals surface area (Å²) >= 11 is 0. The van der Waals surface area contributed by atoms with Crippen LogP contribution in [0, 0.1) is 0 Å². The first-order chi connectivity index (χ1) is 17.4. The molecule has 2 aromatic rings. The fourth-order valence-electron chi connectivity index (χ4n) is 4.07. The van der Waals surface area contributed by atoms with Crippen LogP contribution in [0.15, 0.2) is 48.5 Å². The zero-order chi connectivity index (χ0) is 26.2. The number of hydrogen-bond acceptors (Lipinski definition) is 6. The number of hydrogen-bond donors (Lipinski definition) is 2. The van der Waals surface area contributed by atoms with Gasteiger partial charge in [-0.15, -0.1) is 0 Å². The van der Waals surface area contributed by atoms with Crippen molar-refractivity contribution in [3.8, 4) is 11.5 Å². The van der Waals surface area contributed by atoms with Crippen molar-refractivity contribution in [1.29, 1.82) is 0 Å². The number of carbonyl (C=O) groups excluding carboxylic acids is 2. The normalized spacial score (nSPS) is 10.9. The molecule has 0 heterocycles. The van der Waals surface area contributed by atoms with E-state index in [2.05, 4.69) is 46.6 Å². The molecule has 8 nitrogen and oxygen atoms in total. The number of methoxy groups -OCH3 is 3. The Hall–Kier alpha value is -3.42. The summed E-state index contributed by atoms with van der Waals surface area (Å²) in [5.41, 5.74) is 2.07. The molecule has 36 heavy (non-hydrogen) atoms. The van der Waals surface area contributed by atoms with Crippen LogP contribution < -0.4 is 20.1 Å². The maximum absolute atomic E-state index is 12.1. The average molecular weight is 501 g/mol. The van der Waals surface area contributed by atoms with E-state index in [0.717, 1.165) is 50.0 Å². The van der Waals surface area contributed by atoms with Gasteiger partial charge < -0.3 is 29.6 Å². The van der Waals surface area contributed by atoms with Gasteiger partial charge in [-0.25, -0.2) is 9.59 Å². The van der Waals surface area contributed by atoms with E-state index in [4.69, 9.17) is 14.2 Å². The topological polar surface area (TPSA) is 95.1 Å². The lowest BCUT2D eigenvalue weighted by Crippen LogP contribution is -2.27. The van der Waals surface area contributed by atoms with E-state index in [1.165, 1.54) is 18.2 Å². The Kier molecular flexibility index (Phi) is 12.4. The molecule has 0 radical (unpaired) electrons. The Bertz CT molecular complexity index is 867. The van der Waals surface area contributed by atoms with Crippen molar-refractivity contribution in [3.05, 3.63) is 59.7 Å². The van der Waals surface area contributed by atoms with Crippen LogP contribution in [0.1, 0.15) is 56.6 Å². The first-order valence-corrected chi connectivity index (χ1v) is 12.4. The third kappa shape index (κ3) is 9.32. The molecular formula is C28H40N2O6. The van der Waals surface area contributed by atoms with Crippen molar-refractivity contribution < 1.29 is 28.5 Å². The van der Waals surface area contributed by atoms with Gasteiger partial charge in [-0.05, 0) is 61.1 Å². The summed E-state index contributed by atoms with van der Waals surface area (Å²) in [6, 6.07) is 16.2. The van der Waals surface area contributed by atoms with Crippen LogP contribution in [0.3, 0.4) is 0 Å². The largest absolute Gasteiger partial charge is 0.497 e. The summed E-state index contributed by atoms with van der Waals surface area (Å²) < 4.78 is 20.6. The van der Waals surface area contributed by atoms with E-state index in [-0.39, 0.29) is 5.41 Å². The highest BCUT2D eigenvalue weighted by atomic mass is 16.5. The summed E-state index contributed by atoms with van der Waals surface area (Å²) in [5.74, 6) is 1.63. The third-order valence-electron chi connectivity index (χ3n) is 6.34. The summed E-state index contributed by atoms with van der Waals surface area (Å²) in [7, 11) is 4.66. The number of carbonyl (C=O) groups is 2. The third-order valence-corrected chi connectivity index (χ3v) is 6.34. The summed E-state index contributed by atoms with van der Waals surface area (Å²) in [5, 5.41) is 5.46. The minimum absolute atomic E-state index is 0.263. The van der Waals surface area contributed by atoms with Crippen LogP contribution >= 0.6 is 0 Å². The molecule has 2 amide bonds. The van der Waals surface area contributed by atoms with Crippen LogP contribution in [-0.4, -0.2) is 53.2 Å². The van der Waals surface area contributed by atoms with Gasteiger partial charge in [-0.2, -0.15) is 0 Å². The molecule has 0 saturated heterocycles. The van der Waals surface area contributed by atoms with Gasteiger partial charge in [0.25, 0.3) is 0 Å². The van der Waals surface area contributed by atoms with Gasteiger partial charge in [0.05, 0.1) is 27.9 Å². The molecule has 2 aromatic carbocycles. The maximum atomic E-state index is 12.1. The lowest BCUT2D eigenvalue weighted by Gasteiger charge is -2.31. The fourth-order valence-corrected chi connectivity index (χ4v) is 4.07. The number of benzene rings is 2. The second-order valence-electron chi connectivity index (χ2n) is 8.79. The minimum atomic E-state index is -0.410. The number of amides is 2. The molecule has 0 spiro atoms. The van der Waals surface area contributed by atoms with Crippen molar-refractivity contribution in [2.24, 2.45) is 0 Å². The highest BCUT2D eigenvalue weighted by Gasteiger charge is 2.29. The Morgan fingerprint density at radius 1 is 0.694 bits per heavy atom.